The standard InChI is InChI=1S/C11H13FN2O/c1-11(2)5-8(11)10(15)14-7-3-4-9(12)13-6-7/h3-4,6,8H,5H2,1-2H3,(H,14,15). The van der Waals surface area contributed by atoms with Crippen molar-refractivity contribution in [2.24, 2.45) is 11.3 Å². The third-order valence-corrected chi connectivity index (χ3v) is 2.82. The minimum atomic E-state index is -0.542. The first-order valence-corrected chi connectivity index (χ1v) is 4.91. The van der Waals surface area contributed by atoms with Gasteiger partial charge in [-0.3, -0.25) is 4.79 Å². The lowest BCUT2D eigenvalue weighted by Crippen LogP contribution is -2.16. The fourth-order valence-corrected chi connectivity index (χ4v) is 1.59. The Kier molecular flexibility index (Phi) is 2.21. The molecule has 1 amide bonds. The summed E-state index contributed by atoms with van der Waals surface area (Å²) in [5, 5.41) is 2.72. The Bertz CT molecular complexity index is 386. The van der Waals surface area contributed by atoms with E-state index in [9.17, 15) is 9.18 Å². The zero-order valence-corrected chi connectivity index (χ0v) is 8.75. The fraction of sp³-hybridized carbons (Fsp3) is 0.455. The Hall–Kier alpha value is -1.45. The summed E-state index contributed by atoms with van der Waals surface area (Å²) < 4.78 is 12.5. The highest BCUT2D eigenvalue weighted by atomic mass is 19.1. The number of nitrogens with zero attached hydrogens (tertiary/aromatic N) is 1. The van der Waals surface area contributed by atoms with E-state index in [-0.39, 0.29) is 17.2 Å². The van der Waals surface area contributed by atoms with Gasteiger partial charge in [0.2, 0.25) is 11.9 Å². The van der Waals surface area contributed by atoms with Crippen LogP contribution in [0.1, 0.15) is 20.3 Å². The van der Waals surface area contributed by atoms with Crippen molar-refractivity contribution in [2.45, 2.75) is 20.3 Å². The molecule has 1 N–H and O–H groups in total. The zero-order valence-electron chi connectivity index (χ0n) is 8.75. The molecule has 0 aromatic carbocycles. The van der Waals surface area contributed by atoms with Gasteiger partial charge < -0.3 is 5.32 Å². The summed E-state index contributed by atoms with van der Waals surface area (Å²) in [7, 11) is 0. The maximum atomic E-state index is 12.5. The predicted molar refractivity (Wildman–Crippen MR) is 54.7 cm³/mol. The number of nitrogens with one attached hydrogen (secondary N) is 1. The van der Waals surface area contributed by atoms with Crippen molar-refractivity contribution < 1.29 is 9.18 Å². The van der Waals surface area contributed by atoms with E-state index >= 15 is 0 Å². The van der Waals surface area contributed by atoms with Crippen LogP contribution in [0.3, 0.4) is 0 Å². The average molecular weight is 208 g/mol. The number of carbonyl (C=O) groups excluding carboxylic acids is 1. The Balaban J connectivity index is 1.98. The number of pyridine rings is 1. The number of hydrogen-bond acceptors (Lipinski definition) is 2. The van der Waals surface area contributed by atoms with Crippen molar-refractivity contribution in [3.05, 3.63) is 24.3 Å². The number of amides is 1. The molecule has 1 unspecified atom stereocenters. The monoisotopic (exact) mass is 208 g/mol. The molecule has 80 valence electrons. The van der Waals surface area contributed by atoms with Gasteiger partial charge in [0.05, 0.1) is 11.9 Å². The number of halogens is 1. The van der Waals surface area contributed by atoms with E-state index in [0.717, 1.165) is 6.42 Å². The molecule has 1 atom stereocenters. The summed E-state index contributed by atoms with van der Waals surface area (Å²) >= 11 is 0. The van der Waals surface area contributed by atoms with Gasteiger partial charge in [0, 0.05) is 5.92 Å². The molecule has 1 aromatic rings. The number of aromatic nitrogens is 1. The summed E-state index contributed by atoms with van der Waals surface area (Å²) in [4.78, 5) is 15.1. The van der Waals surface area contributed by atoms with Gasteiger partial charge in [0.1, 0.15) is 0 Å². The van der Waals surface area contributed by atoms with Crippen LogP contribution in [0.4, 0.5) is 10.1 Å². The first-order chi connectivity index (χ1) is 6.99. The molecule has 2 rings (SSSR count). The van der Waals surface area contributed by atoms with Crippen LogP contribution in [-0.4, -0.2) is 10.9 Å². The molecular formula is C11H13FN2O. The van der Waals surface area contributed by atoms with Crippen LogP contribution in [0, 0.1) is 17.3 Å². The molecule has 1 heterocycles. The second kappa shape index (κ2) is 3.29. The smallest absolute Gasteiger partial charge is 0.228 e. The molecule has 1 aliphatic carbocycles. The van der Waals surface area contributed by atoms with Crippen LogP contribution in [0.15, 0.2) is 18.3 Å². The topological polar surface area (TPSA) is 42.0 Å². The normalized spacial score (nSPS) is 22.2. The Morgan fingerprint density at radius 1 is 1.60 bits per heavy atom. The van der Waals surface area contributed by atoms with Gasteiger partial charge in [-0.15, -0.1) is 0 Å². The summed E-state index contributed by atoms with van der Waals surface area (Å²) in [6.45, 7) is 4.11. The highest BCUT2D eigenvalue weighted by molar-refractivity contribution is 5.94. The van der Waals surface area contributed by atoms with Crippen molar-refractivity contribution in [3.63, 3.8) is 0 Å². The second-order valence-electron chi connectivity index (χ2n) is 4.60. The molecule has 0 bridgehead atoms. The molecule has 1 aliphatic rings. The van der Waals surface area contributed by atoms with E-state index in [2.05, 4.69) is 24.1 Å². The van der Waals surface area contributed by atoms with Crippen molar-refractivity contribution >= 4 is 11.6 Å². The Morgan fingerprint density at radius 2 is 2.27 bits per heavy atom. The Labute approximate surface area is 87.7 Å². The molecular weight excluding hydrogens is 195 g/mol. The van der Waals surface area contributed by atoms with Gasteiger partial charge in [-0.05, 0) is 24.0 Å². The minimum Gasteiger partial charge on any atom is -0.324 e. The second-order valence-corrected chi connectivity index (χ2v) is 4.60. The molecule has 1 saturated carbocycles. The van der Waals surface area contributed by atoms with Crippen LogP contribution in [0.2, 0.25) is 0 Å². The molecule has 1 fully saturated rings. The zero-order chi connectivity index (χ0) is 11.1. The van der Waals surface area contributed by atoms with Crippen molar-refractivity contribution in [1.29, 1.82) is 0 Å². The van der Waals surface area contributed by atoms with E-state index in [4.69, 9.17) is 0 Å². The molecule has 1 aromatic heterocycles. The van der Waals surface area contributed by atoms with Crippen LogP contribution < -0.4 is 5.32 Å². The van der Waals surface area contributed by atoms with Crippen molar-refractivity contribution in [1.82, 2.24) is 4.98 Å². The molecule has 4 heteroatoms. The largest absolute Gasteiger partial charge is 0.324 e. The van der Waals surface area contributed by atoms with Gasteiger partial charge in [0.15, 0.2) is 0 Å². The highest BCUT2D eigenvalue weighted by Crippen LogP contribution is 2.51. The maximum absolute atomic E-state index is 12.5. The maximum Gasteiger partial charge on any atom is 0.228 e. The summed E-state index contributed by atoms with van der Waals surface area (Å²) in [5.41, 5.74) is 0.654. The number of rotatable bonds is 2. The van der Waals surface area contributed by atoms with Gasteiger partial charge in [-0.2, -0.15) is 4.39 Å². The number of hydrogen-bond donors (Lipinski definition) is 1. The summed E-state index contributed by atoms with van der Waals surface area (Å²) in [6.07, 6.45) is 2.23. The van der Waals surface area contributed by atoms with Crippen molar-refractivity contribution in [2.75, 3.05) is 5.32 Å². The molecule has 0 spiro atoms. The van der Waals surface area contributed by atoms with E-state index < -0.39 is 5.95 Å². The minimum absolute atomic E-state index is 0.00610. The fourth-order valence-electron chi connectivity index (χ4n) is 1.59. The van der Waals surface area contributed by atoms with E-state index in [1.165, 1.54) is 18.3 Å². The van der Waals surface area contributed by atoms with E-state index in [1.807, 2.05) is 0 Å². The lowest BCUT2D eigenvalue weighted by atomic mass is 10.1. The molecule has 0 saturated heterocycles. The van der Waals surface area contributed by atoms with Gasteiger partial charge in [-0.25, -0.2) is 4.98 Å². The first-order valence-electron chi connectivity index (χ1n) is 4.91. The SMILES string of the molecule is CC1(C)CC1C(=O)Nc1ccc(F)nc1. The predicted octanol–water partition coefficient (Wildman–Crippen LogP) is 2.21. The van der Waals surface area contributed by atoms with Crippen LogP contribution in [0.5, 0.6) is 0 Å². The molecule has 15 heavy (non-hydrogen) atoms. The third kappa shape index (κ3) is 2.14. The Morgan fingerprint density at radius 3 is 2.73 bits per heavy atom. The lowest BCUT2D eigenvalue weighted by molar-refractivity contribution is -0.118. The van der Waals surface area contributed by atoms with Crippen LogP contribution in [0.25, 0.3) is 0 Å². The molecule has 0 aliphatic heterocycles. The summed E-state index contributed by atoms with van der Waals surface area (Å²) in [6, 6.07) is 2.74. The quantitative estimate of drug-likeness (QED) is 0.757. The highest BCUT2D eigenvalue weighted by Gasteiger charge is 2.50. The van der Waals surface area contributed by atoms with Crippen LogP contribution in [-0.2, 0) is 4.79 Å². The first kappa shape index (κ1) is 10.1. The van der Waals surface area contributed by atoms with Gasteiger partial charge in [-0.1, -0.05) is 13.8 Å². The third-order valence-electron chi connectivity index (χ3n) is 2.82. The van der Waals surface area contributed by atoms with E-state index in [0.29, 0.717) is 5.69 Å². The number of carbonyl (C=O) groups is 1. The van der Waals surface area contributed by atoms with E-state index in [1.54, 1.807) is 0 Å². The summed E-state index contributed by atoms with van der Waals surface area (Å²) in [5.74, 6) is -0.476. The average Bonchev–Trinajstić information content (AvgIpc) is 2.79. The van der Waals surface area contributed by atoms with Crippen LogP contribution >= 0.6 is 0 Å². The lowest BCUT2D eigenvalue weighted by Gasteiger charge is -2.05. The molecule has 3 nitrogen and oxygen atoms in total. The van der Waals surface area contributed by atoms with Crippen molar-refractivity contribution in [3.8, 4) is 0 Å². The molecule has 0 radical (unpaired) electrons. The number of anilines is 1. The van der Waals surface area contributed by atoms with Gasteiger partial charge >= 0.3 is 0 Å². The van der Waals surface area contributed by atoms with Gasteiger partial charge in [0.25, 0.3) is 0 Å².